The number of rotatable bonds is 7. The van der Waals surface area contributed by atoms with E-state index in [4.69, 9.17) is 17.0 Å². The molecule has 122 valence electrons. The normalized spacial score (nSPS) is 10.1. The van der Waals surface area contributed by atoms with Crippen LogP contribution in [0.4, 0.5) is 0 Å². The van der Waals surface area contributed by atoms with Gasteiger partial charge in [-0.25, -0.2) is 0 Å². The fourth-order valence-electron chi connectivity index (χ4n) is 1.48. The Labute approximate surface area is 149 Å². The molecule has 0 atom stereocenters. The molecule has 0 aliphatic carbocycles. The lowest BCUT2D eigenvalue weighted by molar-refractivity contribution is -0.121. The Bertz CT molecular complexity index is 485. The number of hydrogen-bond donors (Lipinski definition) is 2. The Hall–Kier alpha value is -0.830. The van der Waals surface area contributed by atoms with Gasteiger partial charge >= 0.3 is 0 Å². The van der Waals surface area contributed by atoms with Crippen molar-refractivity contribution in [1.82, 2.24) is 15.8 Å². The maximum atomic E-state index is 11.9. The van der Waals surface area contributed by atoms with Crippen LogP contribution in [-0.4, -0.2) is 49.1 Å². The highest BCUT2D eigenvalue weighted by molar-refractivity contribution is 9.10. The summed E-state index contributed by atoms with van der Waals surface area (Å²) in [4.78, 5) is 12.9. The summed E-state index contributed by atoms with van der Waals surface area (Å²) in [6, 6.07) is 7.83. The highest BCUT2D eigenvalue weighted by Crippen LogP contribution is 2.20. The van der Waals surface area contributed by atoms with E-state index in [0.717, 1.165) is 15.8 Å². The van der Waals surface area contributed by atoms with Crippen LogP contribution in [0.2, 0.25) is 0 Å². The van der Waals surface area contributed by atoms with Crippen LogP contribution in [0.5, 0.6) is 0 Å². The second kappa shape index (κ2) is 10.8. The Morgan fingerprint density at radius 3 is 2.73 bits per heavy atom. The Kier molecular flexibility index (Phi) is 9.45. The van der Waals surface area contributed by atoms with Gasteiger partial charge in [0.2, 0.25) is 5.91 Å². The van der Waals surface area contributed by atoms with Crippen molar-refractivity contribution in [1.29, 1.82) is 0 Å². The molecular weight excluding hydrogens is 386 g/mol. The lowest BCUT2D eigenvalue weighted by Gasteiger charge is -2.21. The SMILES string of the molecule is COCCCNC(=S)N(C)NC(=O)CSc1ccc(Br)cc1. The number of nitrogens with one attached hydrogen (secondary N) is 2. The number of hydrogen-bond acceptors (Lipinski definition) is 4. The van der Waals surface area contributed by atoms with Crippen LogP contribution in [-0.2, 0) is 9.53 Å². The minimum absolute atomic E-state index is 0.100. The lowest BCUT2D eigenvalue weighted by atomic mass is 10.4. The molecule has 1 aromatic rings. The summed E-state index contributed by atoms with van der Waals surface area (Å²) in [6.45, 7) is 1.38. The molecule has 0 aromatic heterocycles. The predicted molar refractivity (Wildman–Crippen MR) is 97.9 cm³/mol. The number of benzene rings is 1. The van der Waals surface area contributed by atoms with Crippen molar-refractivity contribution in [2.45, 2.75) is 11.3 Å². The maximum Gasteiger partial charge on any atom is 0.248 e. The van der Waals surface area contributed by atoms with Gasteiger partial charge in [0.1, 0.15) is 0 Å². The van der Waals surface area contributed by atoms with Gasteiger partial charge < -0.3 is 10.1 Å². The first kappa shape index (κ1) is 19.2. The Morgan fingerprint density at radius 2 is 2.09 bits per heavy atom. The van der Waals surface area contributed by atoms with E-state index in [0.29, 0.717) is 24.0 Å². The van der Waals surface area contributed by atoms with Gasteiger partial charge in [0.25, 0.3) is 0 Å². The van der Waals surface area contributed by atoms with E-state index < -0.39 is 0 Å². The molecule has 0 spiro atoms. The molecule has 22 heavy (non-hydrogen) atoms. The minimum atomic E-state index is -0.100. The summed E-state index contributed by atoms with van der Waals surface area (Å²) in [5.41, 5.74) is 2.73. The van der Waals surface area contributed by atoms with Gasteiger partial charge in [-0.1, -0.05) is 15.9 Å². The van der Waals surface area contributed by atoms with Crippen molar-refractivity contribution in [2.24, 2.45) is 0 Å². The fourth-order valence-corrected chi connectivity index (χ4v) is 2.58. The zero-order valence-corrected chi connectivity index (χ0v) is 15.8. The summed E-state index contributed by atoms with van der Waals surface area (Å²) >= 11 is 10.0. The smallest absolute Gasteiger partial charge is 0.248 e. The number of methoxy groups -OCH3 is 1. The summed E-state index contributed by atoms with van der Waals surface area (Å²) in [7, 11) is 3.38. The van der Waals surface area contributed by atoms with E-state index in [-0.39, 0.29) is 5.91 Å². The van der Waals surface area contributed by atoms with Gasteiger partial charge in [-0.3, -0.25) is 15.2 Å². The number of thioether (sulfide) groups is 1. The monoisotopic (exact) mass is 405 g/mol. The van der Waals surface area contributed by atoms with Crippen molar-refractivity contribution in [3.05, 3.63) is 28.7 Å². The van der Waals surface area contributed by atoms with Gasteiger partial charge in [0, 0.05) is 36.7 Å². The zero-order chi connectivity index (χ0) is 16.4. The number of thiocarbonyl (C=S) groups is 1. The lowest BCUT2D eigenvalue weighted by Crippen LogP contribution is -2.48. The molecule has 2 N–H and O–H groups in total. The van der Waals surface area contributed by atoms with E-state index in [1.807, 2.05) is 24.3 Å². The fraction of sp³-hybridized carbons (Fsp3) is 0.429. The van der Waals surface area contributed by atoms with Crippen LogP contribution in [0, 0.1) is 0 Å². The number of ether oxygens (including phenoxy) is 1. The van der Waals surface area contributed by atoms with Crippen molar-refractivity contribution in [3.63, 3.8) is 0 Å². The molecule has 0 unspecified atom stereocenters. The molecule has 0 radical (unpaired) electrons. The zero-order valence-electron chi connectivity index (χ0n) is 12.6. The first-order chi connectivity index (χ1) is 10.5. The summed E-state index contributed by atoms with van der Waals surface area (Å²) in [5.74, 6) is 0.231. The third-order valence-electron chi connectivity index (χ3n) is 2.58. The Morgan fingerprint density at radius 1 is 1.41 bits per heavy atom. The van der Waals surface area contributed by atoms with Crippen molar-refractivity contribution >= 4 is 50.9 Å². The topological polar surface area (TPSA) is 53.6 Å². The third-order valence-corrected chi connectivity index (χ3v) is 4.54. The molecule has 1 amide bonds. The van der Waals surface area contributed by atoms with Gasteiger partial charge in [-0.15, -0.1) is 11.8 Å². The summed E-state index contributed by atoms with van der Waals surface area (Å²) < 4.78 is 5.98. The summed E-state index contributed by atoms with van der Waals surface area (Å²) in [5, 5.41) is 5.06. The van der Waals surface area contributed by atoms with E-state index in [9.17, 15) is 4.79 Å². The van der Waals surface area contributed by atoms with Crippen LogP contribution in [0.3, 0.4) is 0 Å². The van der Waals surface area contributed by atoms with Crippen LogP contribution in [0.25, 0.3) is 0 Å². The van der Waals surface area contributed by atoms with Crippen molar-refractivity contribution in [3.8, 4) is 0 Å². The van der Waals surface area contributed by atoms with Gasteiger partial charge in [0.15, 0.2) is 5.11 Å². The van der Waals surface area contributed by atoms with E-state index in [1.54, 1.807) is 14.2 Å². The molecule has 8 heteroatoms. The number of carbonyl (C=O) groups excluding carboxylic acids is 1. The molecule has 0 saturated heterocycles. The number of carbonyl (C=O) groups is 1. The maximum absolute atomic E-state index is 11.9. The Balaban J connectivity index is 2.25. The van der Waals surface area contributed by atoms with Crippen LogP contribution >= 0.6 is 39.9 Å². The molecule has 0 bridgehead atoms. The van der Waals surface area contributed by atoms with Crippen LogP contribution in [0.1, 0.15) is 6.42 Å². The first-order valence-corrected chi connectivity index (χ1v) is 8.90. The van der Waals surface area contributed by atoms with Crippen molar-refractivity contribution in [2.75, 3.05) is 33.1 Å². The molecule has 0 aliphatic heterocycles. The molecule has 0 aliphatic rings. The average molecular weight is 406 g/mol. The second-order valence-corrected chi connectivity index (χ2v) is 6.77. The molecule has 0 fully saturated rings. The molecule has 1 aromatic carbocycles. The van der Waals surface area contributed by atoms with Gasteiger partial charge in [0.05, 0.1) is 5.75 Å². The summed E-state index contributed by atoms with van der Waals surface area (Å²) in [6.07, 6.45) is 0.859. The molecular formula is C14H20BrN3O2S2. The molecule has 1 rings (SSSR count). The highest BCUT2D eigenvalue weighted by atomic mass is 79.9. The van der Waals surface area contributed by atoms with Crippen LogP contribution < -0.4 is 10.7 Å². The van der Waals surface area contributed by atoms with E-state index >= 15 is 0 Å². The second-order valence-electron chi connectivity index (χ2n) is 4.41. The molecule has 0 heterocycles. The first-order valence-electron chi connectivity index (χ1n) is 6.71. The number of nitrogens with zero attached hydrogens (tertiary/aromatic N) is 1. The standard InChI is InChI=1S/C14H20BrN3O2S2/c1-18(14(21)16-8-3-9-20-2)17-13(19)10-22-12-6-4-11(15)5-7-12/h4-7H,3,8-10H2,1-2H3,(H,16,21)(H,17,19). The van der Waals surface area contributed by atoms with Crippen LogP contribution in [0.15, 0.2) is 33.6 Å². The average Bonchev–Trinajstić information content (AvgIpc) is 2.50. The number of halogens is 1. The van der Waals surface area contributed by atoms with E-state index in [2.05, 4.69) is 26.7 Å². The van der Waals surface area contributed by atoms with Gasteiger partial charge in [-0.2, -0.15) is 0 Å². The van der Waals surface area contributed by atoms with Crippen molar-refractivity contribution < 1.29 is 9.53 Å². The minimum Gasteiger partial charge on any atom is -0.385 e. The molecule has 5 nitrogen and oxygen atoms in total. The van der Waals surface area contributed by atoms with E-state index in [1.165, 1.54) is 16.8 Å². The quantitative estimate of drug-likeness (QED) is 0.314. The van der Waals surface area contributed by atoms with Gasteiger partial charge in [-0.05, 0) is 42.9 Å². The largest absolute Gasteiger partial charge is 0.385 e. The highest BCUT2D eigenvalue weighted by Gasteiger charge is 2.08. The number of amides is 1. The number of hydrazine groups is 1. The third kappa shape index (κ3) is 7.98. The predicted octanol–water partition coefficient (Wildman–Crippen LogP) is 2.42. The molecule has 0 saturated carbocycles.